The SMILES string of the molecule is CC(C)(C)c1ccc(N2c3ccc(C(C)(C)C)cc3B3c4c(cc5c(c42)C(C)(C)c2ccccc2-5)-c2cc4c(cc2N3c2ccc(-c3ccccc3)cc2)Sc2ccccc2C4(C)C)cc1. The van der Waals surface area contributed by atoms with E-state index in [1.165, 1.54) is 116 Å². The monoisotopic (exact) mass is 872 g/mol. The maximum Gasteiger partial charge on any atom is 0.333 e. The van der Waals surface area contributed by atoms with Crippen LogP contribution in [-0.4, -0.2) is 6.85 Å². The van der Waals surface area contributed by atoms with E-state index >= 15 is 0 Å². The van der Waals surface area contributed by atoms with Crippen LogP contribution in [0.5, 0.6) is 0 Å². The van der Waals surface area contributed by atoms with Crippen molar-refractivity contribution in [3.63, 3.8) is 0 Å². The first kappa shape index (κ1) is 41.2. The van der Waals surface area contributed by atoms with Crippen LogP contribution < -0.4 is 20.6 Å². The Morgan fingerprint density at radius 1 is 0.455 bits per heavy atom. The fourth-order valence-corrected chi connectivity index (χ4v) is 13.2. The maximum absolute atomic E-state index is 2.72. The number of hydrogen-bond donors (Lipinski definition) is 0. The fraction of sp³-hybridized carbons (Fsp3) is 0.226. The van der Waals surface area contributed by atoms with Gasteiger partial charge in [-0.25, -0.2) is 0 Å². The third-order valence-corrected chi connectivity index (χ3v) is 16.5. The average molecular weight is 873 g/mol. The lowest BCUT2D eigenvalue weighted by atomic mass is 9.42. The zero-order valence-electron chi connectivity index (χ0n) is 40.0. The Morgan fingerprint density at radius 3 is 1.79 bits per heavy atom. The van der Waals surface area contributed by atoms with Gasteiger partial charge in [-0.2, -0.15) is 0 Å². The molecule has 0 aromatic heterocycles. The number of rotatable bonds is 3. The molecule has 66 heavy (non-hydrogen) atoms. The topological polar surface area (TPSA) is 6.48 Å². The molecule has 3 aliphatic heterocycles. The molecule has 0 saturated heterocycles. The summed E-state index contributed by atoms with van der Waals surface area (Å²) in [5.74, 6) is 0. The lowest BCUT2D eigenvalue weighted by molar-refractivity contribution is 0.590. The van der Waals surface area contributed by atoms with Gasteiger partial charge in [0.1, 0.15) is 0 Å². The molecule has 324 valence electrons. The molecule has 8 aromatic rings. The third kappa shape index (κ3) is 5.96. The summed E-state index contributed by atoms with van der Waals surface area (Å²) in [6.45, 7) is 23.6. The van der Waals surface area contributed by atoms with Crippen LogP contribution in [0.1, 0.15) is 103 Å². The minimum absolute atomic E-state index is 0.0355. The number of hydrogen-bond acceptors (Lipinski definition) is 3. The normalized spacial score (nSPS) is 15.8. The molecule has 0 fully saturated rings. The van der Waals surface area contributed by atoms with Crippen LogP contribution in [-0.2, 0) is 21.7 Å². The van der Waals surface area contributed by atoms with Gasteiger partial charge < -0.3 is 9.71 Å². The second-order valence-electron chi connectivity index (χ2n) is 22.2. The smallest absolute Gasteiger partial charge is 0.333 e. The van der Waals surface area contributed by atoms with E-state index in [-0.39, 0.29) is 28.5 Å². The van der Waals surface area contributed by atoms with Crippen LogP contribution in [0.4, 0.5) is 28.4 Å². The number of anilines is 5. The molecule has 12 rings (SSSR count). The molecule has 0 spiro atoms. The Bertz CT molecular complexity index is 3290. The summed E-state index contributed by atoms with van der Waals surface area (Å²) in [6.07, 6.45) is 0. The second kappa shape index (κ2) is 14.1. The Hall–Kier alpha value is -6.23. The van der Waals surface area contributed by atoms with Crippen LogP contribution in [0.3, 0.4) is 0 Å². The van der Waals surface area contributed by atoms with Gasteiger partial charge in [-0.1, -0.05) is 190 Å². The first-order valence-corrected chi connectivity index (χ1v) is 24.6. The van der Waals surface area contributed by atoms with Crippen molar-refractivity contribution in [1.29, 1.82) is 0 Å². The fourth-order valence-electron chi connectivity index (χ4n) is 11.8. The largest absolute Gasteiger partial charge is 0.376 e. The molecule has 1 aliphatic carbocycles. The molecule has 4 heteroatoms. The summed E-state index contributed by atoms with van der Waals surface area (Å²) in [5, 5.41) is 0. The van der Waals surface area contributed by atoms with Crippen molar-refractivity contribution in [3.05, 3.63) is 197 Å². The highest BCUT2D eigenvalue weighted by Crippen LogP contribution is 2.59. The van der Waals surface area contributed by atoms with Crippen molar-refractivity contribution in [2.45, 2.75) is 101 Å². The van der Waals surface area contributed by atoms with Gasteiger partial charge in [0.05, 0.1) is 0 Å². The molecule has 8 aromatic carbocycles. The van der Waals surface area contributed by atoms with Crippen molar-refractivity contribution in [1.82, 2.24) is 0 Å². The molecule has 3 heterocycles. The standard InChI is InChI=1S/C62H57BN2S/c1-59(2,3)40-26-31-42(32-27-40)64-52-33-28-41(60(4,5)6)34-51(52)63-57-47(35-46-44-20-14-15-21-48(44)62(9,10)56(46)58(57)64)45-36-50-55(66-54-23-17-16-22-49(54)61(50,7)8)37-53(45)65(63)43-29-24-39(25-30-43)38-18-12-11-13-19-38/h11-37H,1-10H3. The van der Waals surface area contributed by atoms with Crippen molar-refractivity contribution in [2.24, 2.45) is 0 Å². The third-order valence-electron chi connectivity index (χ3n) is 15.4. The molecule has 0 N–H and O–H groups in total. The molecular weight excluding hydrogens is 816 g/mol. The first-order valence-electron chi connectivity index (χ1n) is 23.8. The molecule has 0 saturated carbocycles. The summed E-state index contributed by atoms with van der Waals surface area (Å²) in [5.41, 5.74) is 24.5. The van der Waals surface area contributed by atoms with E-state index in [1.807, 2.05) is 11.8 Å². The molecule has 0 atom stereocenters. The van der Waals surface area contributed by atoms with E-state index in [1.54, 1.807) is 0 Å². The number of fused-ring (bicyclic) bond motifs is 10. The van der Waals surface area contributed by atoms with Crippen LogP contribution in [0, 0.1) is 0 Å². The van der Waals surface area contributed by atoms with Crippen molar-refractivity contribution >= 4 is 58.0 Å². The Balaban J connectivity index is 1.23. The van der Waals surface area contributed by atoms with E-state index in [2.05, 4.69) is 243 Å². The van der Waals surface area contributed by atoms with Gasteiger partial charge in [-0.15, -0.1) is 0 Å². The minimum atomic E-state index is -0.256. The van der Waals surface area contributed by atoms with Crippen molar-refractivity contribution < 1.29 is 0 Å². The molecule has 0 amide bonds. The molecule has 4 aliphatic rings. The molecule has 2 nitrogen and oxygen atoms in total. The Morgan fingerprint density at radius 2 is 1.08 bits per heavy atom. The van der Waals surface area contributed by atoms with Gasteiger partial charge in [-0.3, -0.25) is 0 Å². The first-order chi connectivity index (χ1) is 31.5. The van der Waals surface area contributed by atoms with Gasteiger partial charge in [0.2, 0.25) is 0 Å². The highest BCUT2D eigenvalue weighted by Gasteiger charge is 2.51. The lowest BCUT2D eigenvalue weighted by Crippen LogP contribution is -2.62. The van der Waals surface area contributed by atoms with Crippen LogP contribution >= 0.6 is 11.8 Å². The molecule has 0 unspecified atom stereocenters. The maximum atomic E-state index is 2.72. The second-order valence-corrected chi connectivity index (χ2v) is 23.3. The zero-order valence-corrected chi connectivity index (χ0v) is 40.8. The number of benzene rings is 8. The Labute approximate surface area is 396 Å². The van der Waals surface area contributed by atoms with Gasteiger partial charge in [0.15, 0.2) is 0 Å². The highest BCUT2D eigenvalue weighted by molar-refractivity contribution is 7.99. The lowest BCUT2D eigenvalue weighted by Gasteiger charge is -2.48. The van der Waals surface area contributed by atoms with Gasteiger partial charge in [-0.05, 0) is 138 Å². The van der Waals surface area contributed by atoms with E-state index in [4.69, 9.17) is 0 Å². The average Bonchev–Trinajstić information content (AvgIpc) is 3.53. The van der Waals surface area contributed by atoms with Gasteiger partial charge in [0, 0.05) is 54.6 Å². The zero-order chi connectivity index (χ0) is 45.7. The predicted octanol–water partition coefficient (Wildman–Crippen LogP) is 15.8. The molecule has 0 bridgehead atoms. The van der Waals surface area contributed by atoms with Crippen molar-refractivity contribution in [2.75, 3.05) is 9.71 Å². The summed E-state index contributed by atoms with van der Waals surface area (Å²) in [7, 11) is 0. The van der Waals surface area contributed by atoms with E-state index < -0.39 is 0 Å². The summed E-state index contributed by atoms with van der Waals surface area (Å²) in [6, 6.07) is 63.1. The Kier molecular flexibility index (Phi) is 8.83. The summed E-state index contributed by atoms with van der Waals surface area (Å²) in [4.78, 5) is 8.05. The van der Waals surface area contributed by atoms with Crippen LogP contribution in [0.25, 0.3) is 33.4 Å². The van der Waals surface area contributed by atoms with Gasteiger partial charge in [0.25, 0.3) is 0 Å². The molecular formula is C62H57BN2S. The van der Waals surface area contributed by atoms with Crippen LogP contribution in [0.15, 0.2) is 174 Å². The predicted molar refractivity (Wildman–Crippen MR) is 283 cm³/mol. The van der Waals surface area contributed by atoms with E-state index in [0.29, 0.717) is 0 Å². The van der Waals surface area contributed by atoms with E-state index in [0.717, 1.165) is 0 Å². The molecule has 0 radical (unpaired) electrons. The van der Waals surface area contributed by atoms with Gasteiger partial charge >= 0.3 is 6.85 Å². The van der Waals surface area contributed by atoms with Crippen molar-refractivity contribution in [3.8, 4) is 33.4 Å². The summed E-state index contributed by atoms with van der Waals surface area (Å²) >= 11 is 1.93. The number of nitrogens with zero attached hydrogens (tertiary/aromatic N) is 2. The minimum Gasteiger partial charge on any atom is -0.376 e. The quantitative estimate of drug-likeness (QED) is 0.163. The van der Waals surface area contributed by atoms with Crippen LogP contribution in [0.2, 0.25) is 0 Å². The highest BCUT2D eigenvalue weighted by atomic mass is 32.2. The summed E-state index contributed by atoms with van der Waals surface area (Å²) < 4.78 is 0. The van der Waals surface area contributed by atoms with E-state index in [9.17, 15) is 0 Å².